The molecule has 0 rings (SSSR count). The molecule has 0 aromatic carbocycles. The highest BCUT2D eigenvalue weighted by molar-refractivity contribution is 5.24. The molecule has 0 heterocycles. The molecule has 0 aromatic rings. The second-order valence-electron chi connectivity index (χ2n) is 4.21. The van der Waals surface area contributed by atoms with Gasteiger partial charge in [0.2, 0.25) is 0 Å². The molecule has 96 valence electrons. The third kappa shape index (κ3) is 13.2. The Labute approximate surface area is 104 Å². The average molecular weight is 224 g/mol. The maximum absolute atomic E-state index is 3.70. The first-order valence-electron chi connectivity index (χ1n) is 6.36. The lowest BCUT2D eigenvalue weighted by Crippen LogP contribution is -2.05. The fourth-order valence-corrected chi connectivity index (χ4v) is 0.574. The Morgan fingerprint density at radius 3 is 1.50 bits per heavy atom. The summed E-state index contributed by atoms with van der Waals surface area (Å²) in [6.45, 7) is 22.6. The van der Waals surface area contributed by atoms with Crippen LogP contribution in [-0.2, 0) is 0 Å². The van der Waals surface area contributed by atoms with Gasteiger partial charge in [0.05, 0.1) is 0 Å². The van der Waals surface area contributed by atoms with Crippen molar-refractivity contribution in [1.82, 2.24) is 0 Å². The van der Waals surface area contributed by atoms with E-state index in [1.165, 1.54) is 11.1 Å². The van der Waals surface area contributed by atoms with E-state index in [0.29, 0.717) is 0 Å². The maximum Gasteiger partial charge on any atom is -0.0173 e. The van der Waals surface area contributed by atoms with Gasteiger partial charge in [0.15, 0.2) is 0 Å². The number of hydrogen-bond donors (Lipinski definition) is 0. The number of allylic oxidation sites excluding steroid dienone is 5. The lowest BCUT2D eigenvalue weighted by atomic mass is 9.87. The first-order valence-corrected chi connectivity index (χ1v) is 6.36. The summed E-state index contributed by atoms with van der Waals surface area (Å²) in [5.41, 5.74) is 2.88. The largest absolute Gasteiger partial charge is 0.0988 e. The summed E-state index contributed by atoms with van der Waals surface area (Å²) in [5, 5.41) is 0. The first-order chi connectivity index (χ1) is 7.38. The summed E-state index contributed by atoms with van der Waals surface area (Å²) >= 11 is 0. The van der Waals surface area contributed by atoms with Crippen molar-refractivity contribution < 1.29 is 0 Å². The van der Waals surface area contributed by atoms with Crippen molar-refractivity contribution in [3.8, 4) is 0 Å². The van der Waals surface area contributed by atoms with Gasteiger partial charge in [-0.15, -0.1) is 0 Å². The van der Waals surface area contributed by atoms with Crippen LogP contribution in [0.2, 0.25) is 0 Å². The van der Waals surface area contributed by atoms with Crippen molar-refractivity contribution in [3.63, 3.8) is 0 Å². The van der Waals surface area contributed by atoms with Gasteiger partial charge in [-0.25, -0.2) is 0 Å². The van der Waals surface area contributed by atoms with Gasteiger partial charge in [0.25, 0.3) is 0 Å². The van der Waals surface area contributed by atoms with Crippen LogP contribution in [0.4, 0.5) is 0 Å². The monoisotopic (exact) mass is 224 g/mol. The molecule has 0 N–H and O–H groups in total. The van der Waals surface area contributed by atoms with Crippen LogP contribution in [0, 0.1) is 5.41 Å². The van der Waals surface area contributed by atoms with Crippen LogP contribution in [0.15, 0.2) is 36.0 Å². The SMILES string of the molecule is C=C/C(C)=C\C=C(/C)C(C)(C)C.CC.CC. The predicted octanol–water partition coefficient (Wildman–Crippen LogP) is 6.16. The van der Waals surface area contributed by atoms with E-state index >= 15 is 0 Å². The third-order valence-electron chi connectivity index (χ3n) is 2.10. The summed E-state index contributed by atoms with van der Waals surface area (Å²) in [7, 11) is 0. The van der Waals surface area contributed by atoms with Crippen molar-refractivity contribution in [2.45, 2.75) is 62.3 Å². The van der Waals surface area contributed by atoms with Crippen LogP contribution in [0.3, 0.4) is 0 Å². The molecule has 0 heteroatoms. The minimum absolute atomic E-state index is 0.276. The van der Waals surface area contributed by atoms with Crippen LogP contribution in [-0.4, -0.2) is 0 Å². The minimum atomic E-state index is 0.276. The van der Waals surface area contributed by atoms with E-state index in [-0.39, 0.29) is 5.41 Å². The molecule has 0 aliphatic heterocycles. The molecule has 16 heavy (non-hydrogen) atoms. The van der Waals surface area contributed by atoms with Gasteiger partial charge in [-0.3, -0.25) is 0 Å². The molecule has 0 aliphatic rings. The molecule has 0 spiro atoms. The Balaban J connectivity index is -0.000000376. The number of hydrogen-bond acceptors (Lipinski definition) is 0. The van der Waals surface area contributed by atoms with E-state index in [2.05, 4.69) is 53.3 Å². The molecule has 0 aliphatic carbocycles. The summed E-state index contributed by atoms with van der Waals surface area (Å²) < 4.78 is 0. The van der Waals surface area contributed by atoms with Gasteiger partial charge in [0.1, 0.15) is 0 Å². The second-order valence-corrected chi connectivity index (χ2v) is 4.21. The third-order valence-corrected chi connectivity index (χ3v) is 2.10. The average Bonchev–Trinajstić information content (AvgIpc) is 2.29. The first kappa shape index (κ1) is 20.6. The zero-order valence-corrected chi connectivity index (χ0v) is 12.9. The van der Waals surface area contributed by atoms with Crippen molar-refractivity contribution in [3.05, 3.63) is 36.0 Å². The normalized spacial score (nSPS) is 11.8. The van der Waals surface area contributed by atoms with Crippen LogP contribution in [0.1, 0.15) is 62.3 Å². The zero-order chi connectivity index (χ0) is 13.8. The van der Waals surface area contributed by atoms with Gasteiger partial charge < -0.3 is 0 Å². The van der Waals surface area contributed by atoms with Crippen molar-refractivity contribution in [1.29, 1.82) is 0 Å². The van der Waals surface area contributed by atoms with E-state index < -0.39 is 0 Å². The van der Waals surface area contributed by atoms with Crippen LogP contribution >= 0.6 is 0 Å². The molecular weight excluding hydrogens is 192 g/mol. The standard InChI is InChI=1S/C12H20.2C2H6/c1-7-10(2)8-9-11(3)12(4,5)6;2*1-2/h7-9H,1H2,2-6H3;2*1-2H3/b10-8-,11-9+;;. The summed E-state index contributed by atoms with van der Waals surface area (Å²) in [6, 6.07) is 0. The van der Waals surface area contributed by atoms with E-state index in [9.17, 15) is 0 Å². The molecule has 0 nitrogen and oxygen atoms in total. The molecule has 0 atom stereocenters. The molecule has 0 saturated carbocycles. The highest BCUT2D eigenvalue weighted by Crippen LogP contribution is 2.24. The molecule has 0 amide bonds. The van der Waals surface area contributed by atoms with Crippen molar-refractivity contribution in [2.24, 2.45) is 5.41 Å². The van der Waals surface area contributed by atoms with Gasteiger partial charge in [0, 0.05) is 0 Å². The summed E-state index contributed by atoms with van der Waals surface area (Å²) in [5.74, 6) is 0. The molecular formula is C16H32. The van der Waals surface area contributed by atoms with Crippen LogP contribution in [0.5, 0.6) is 0 Å². The highest BCUT2D eigenvalue weighted by atomic mass is 14.2. The molecule has 0 unspecified atom stereocenters. The topological polar surface area (TPSA) is 0 Å². The van der Waals surface area contributed by atoms with E-state index in [1.54, 1.807) is 0 Å². The quantitative estimate of drug-likeness (QED) is 0.492. The predicted molar refractivity (Wildman–Crippen MR) is 79.9 cm³/mol. The van der Waals surface area contributed by atoms with Crippen LogP contribution < -0.4 is 0 Å². The lowest BCUT2D eigenvalue weighted by molar-refractivity contribution is 0.504. The molecule has 0 fully saturated rings. The van der Waals surface area contributed by atoms with Gasteiger partial charge in [-0.05, 0) is 19.3 Å². The zero-order valence-electron chi connectivity index (χ0n) is 12.9. The minimum Gasteiger partial charge on any atom is -0.0988 e. The van der Waals surface area contributed by atoms with E-state index in [1.807, 2.05) is 33.8 Å². The van der Waals surface area contributed by atoms with Gasteiger partial charge in [-0.1, -0.05) is 84.4 Å². The Morgan fingerprint density at radius 1 is 0.875 bits per heavy atom. The number of rotatable bonds is 2. The Bertz CT molecular complexity index is 209. The fraction of sp³-hybridized carbons (Fsp3) is 0.625. The Morgan fingerprint density at radius 2 is 1.25 bits per heavy atom. The smallest absolute Gasteiger partial charge is 0.0173 e. The molecule has 0 saturated heterocycles. The maximum atomic E-state index is 3.70. The Hall–Kier alpha value is -0.780. The van der Waals surface area contributed by atoms with Gasteiger partial charge in [-0.2, -0.15) is 0 Å². The lowest BCUT2D eigenvalue weighted by Gasteiger charge is -2.18. The molecule has 0 aromatic heterocycles. The Kier molecular flexibility index (Phi) is 15.8. The van der Waals surface area contributed by atoms with Crippen molar-refractivity contribution >= 4 is 0 Å². The van der Waals surface area contributed by atoms with E-state index in [0.717, 1.165) is 0 Å². The fourth-order valence-electron chi connectivity index (χ4n) is 0.574. The highest BCUT2D eigenvalue weighted by Gasteiger charge is 2.10. The molecule has 0 bridgehead atoms. The van der Waals surface area contributed by atoms with Crippen LogP contribution in [0.25, 0.3) is 0 Å². The summed E-state index contributed by atoms with van der Waals surface area (Å²) in [6.07, 6.45) is 6.14. The summed E-state index contributed by atoms with van der Waals surface area (Å²) in [4.78, 5) is 0. The van der Waals surface area contributed by atoms with Crippen molar-refractivity contribution in [2.75, 3.05) is 0 Å². The second kappa shape index (κ2) is 12.3. The molecule has 0 radical (unpaired) electrons. The van der Waals surface area contributed by atoms with E-state index in [4.69, 9.17) is 0 Å². The van der Waals surface area contributed by atoms with Gasteiger partial charge >= 0.3 is 0 Å².